The summed E-state index contributed by atoms with van der Waals surface area (Å²) in [6.07, 6.45) is 2.73. The van der Waals surface area contributed by atoms with Gasteiger partial charge in [0.15, 0.2) is 0 Å². The van der Waals surface area contributed by atoms with E-state index in [0.29, 0.717) is 0 Å². The fraction of sp³-hybridized carbons (Fsp3) is 0.636. The number of nitrogens with two attached hydrogens (primary N) is 1. The van der Waals surface area contributed by atoms with Gasteiger partial charge >= 0.3 is 0 Å². The smallest absolute Gasteiger partial charge is 0.226 e. The number of nitrogens with zero attached hydrogens (tertiary/aromatic N) is 4. The zero-order valence-electron chi connectivity index (χ0n) is 10.5. The van der Waals surface area contributed by atoms with Gasteiger partial charge in [0.25, 0.3) is 0 Å². The van der Waals surface area contributed by atoms with Crippen LogP contribution in [0.3, 0.4) is 0 Å². The molecule has 0 aliphatic heterocycles. The average molecular weight is 223 g/mol. The first kappa shape index (κ1) is 12.7. The van der Waals surface area contributed by atoms with E-state index >= 15 is 0 Å². The third-order valence-electron chi connectivity index (χ3n) is 2.34. The summed E-state index contributed by atoms with van der Waals surface area (Å²) in [4.78, 5) is 12.6. The molecule has 16 heavy (non-hydrogen) atoms. The predicted octanol–water partition coefficient (Wildman–Crippen LogP) is 0.716. The van der Waals surface area contributed by atoms with Gasteiger partial charge in [0.1, 0.15) is 5.82 Å². The molecule has 0 amide bonds. The summed E-state index contributed by atoms with van der Waals surface area (Å²) >= 11 is 0. The van der Waals surface area contributed by atoms with Crippen molar-refractivity contribution in [2.24, 2.45) is 5.73 Å². The van der Waals surface area contributed by atoms with Gasteiger partial charge in [0, 0.05) is 39.9 Å². The third kappa shape index (κ3) is 3.66. The molecular formula is C11H21N5. The van der Waals surface area contributed by atoms with Crippen molar-refractivity contribution in [3.8, 4) is 0 Å². The molecule has 1 atom stereocenters. The fourth-order valence-corrected chi connectivity index (χ4v) is 1.28. The molecule has 1 aromatic heterocycles. The second kappa shape index (κ2) is 5.65. The lowest BCUT2D eigenvalue weighted by Crippen LogP contribution is -2.27. The van der Waals surface area contributed by atoms with Crippen LogP contribution >= 0.6 is 0 Å². The first-order chi connectivity index (χ1) is 7.50. The number of aromatic nitrogens is 2. The largest absolute Gasteiger partial charge is 0.359 e. The molecular weight excluding hydrogens is 202 g/mol. The number of hydrogen-bond donors (Lipinski definition) is 1. The number of hydrogen-bond acceptors (Lipinski definition) is 5. The van der Waals surface area contributed by atoms with Crippen molar-refractivity contribution in [3.05, 3.63) is 12.3 Å². The molecule has 0 aromatic carbocycles. The summed E-state index contributed by atoms with van der Waals surface area (Å²) in [6.45, 7) is 2.92. The lowest BCUT2D eigenvalue weighted by molar-refractivity contribution is 0.656. The van der Waals surface area contributed by atoms with Gasteiger partial charge in [-0.2, -0.15) is 4.98 Å². The fourth-order valence-electron chi connectivity index (χ4n) is 1.28. The Bertz CT molecular complexity index is 324. The van der Waals surface area contributed by atoms with E-state index in [1.165, 1.54) is 0 Å². The third-order valence-corrected chi connectivity index (χ3v) is 2.34. The first-order valence-corrected chi connectivity index (χ1v) is 5.48. The van der Waals surface area contributed by atoms with Crippen LogP contribution in [-0.4, -0.2) is 43.7 Å². The van der Waals surface area contributed by atoms with Crippen LogP contribution in [0.25, 0.3) is 0 Å². The summed E-state index contributed by atoms with van der Waals surface area (Å²) in [5, 5.41) is 0. The predicted molar refractivity (Wildman–Crippen MR) is 67.9 cm³/mol. The minimum Gasteiger partial charge on any atom is -0.359 e. The minimum atomic E-state index is 0.220. The highest BCUT2D eigenvalue weighted by atomic mass is 15.3. The van der Waals surface area contributed by atoms with Crippen molar-refractivity contribution in [3.63, 3.8) is 0 Å². The highest BCUT2D eigenvalue weighted by Crippen LogP contribution is 2.12. The Labute approximate surface area is 97.3 Å². The van der Waals surface area contributed by atoms with Gasteiger partial charge in [-0.15, -0.1) is 0 Å². The molecule has 0 saturated carbocycles. The van der Waals surface area contributed by atoms with Crippen molar-refractivity contribution in [2.75, 3.05) is 37.5 Å². The molecule has 0 spiro atoms. The second-order valence-corrected chi connectivity index (χ2v) is 4.30. The standard InChI is InChI=1S/C11H21N5/c1-9(12)6-8-16(4)10-5-7-13-11(14-10)15(2)3/h5,7,9H,6,8,12H2,1-4H3. The van der Waals surface area contributed by atoms with Crippen LogP contribution in [-0.2, 0) is 0 Å². The minimum absolute atomic E-state index is 0.220. The van der Waals surface area contributed by atoms with Crippen LogP contribution in [0.1, 0.15) is 13.3 Å². The van der Waals surface area contributed by atoms with Gasteiger partial charge in [-0.1, -0.05) is 0 Å². The lowest BCUT2D eigenvalue weighted by atomic mass is 10.2. The van der Waals surface area contributed by atoms with Gasteiger partial charge in [-0.05, 0) is 19.4 Å². The SMILES string of the molecule is CC(N)CCN(C)c1ccnc(N(C)C)n1. The van der Waals surface area contributed by atoms with Crippen molar-refractivity contribution in [2.45, 2.75) is 19.4 Å². The molecule has 1 rings (SSSR count). The lowest BCUT2D eigenvalue weighted by Gasteiger charge is -2.20. The molecule has 0 saturated heterocycles. The van der Waals surface area contributed by atoms with E-state index in [1.807, 2.05) is 39.0 Å². The Morgan fingerprint density at radius 3 is 2.62 bits per heavy atom. The topological polar surface area (TPSA) is 58.3 Å². The van der Waals surface area contributed by atoms with Crippen LogP contribution in [0.4, 0.5) is 11.8 Å². The Morgan fingerprint density at radius 1 is 1.38 bits per heavy atom. The van der Waals surface area contributed by atoms with Crippen LogP contribution < -0.4 is 15.5 Å². The van der Waals surface area contributed by atoms with Crippen molar-refractivity contribution in [1.82, 2.24) is 9.97 Å². The maximum Gasteiger partial charge on any atom is 0.226 e. The second-order valence-electron chi connectivity index (χ2n) is 4.30. The van der Waals surface area contributed by atoms with Gasteiger partial charge < -0.3 is 15.5 Å². The summed E-state index contributed by atoms with van der Waals surface area (Å²) in [5.41, 5.74) is 5.73. The normalized spacial score (nSPS) is 12.3. The average Bonchev–Trinajstić information content (AvgIpc) is 2.26. The van der Waals surface area contributed by atoms with E-state index in [2.05, 4.69) is 14.9 Å². The molecule has 0 aliphatic rings. The summed E-state index contributed by atoms with van der Waals surface area (Å²) in [5.74, 6) is 1.66. The maximum absolute atomic E-state index is 5.73. The molecule has 0 aliphatic carbocycles. The maximum atomic E-state index is 5.73. The molecule has 1 unspecified atom stereocenters. The van der Waals surface area contributed by atoms with Crippen LogP contribution in [0, 0.1) is 0 Å². The first-order valence-electron chi connectivity index (χ1n) is 5.48. The van der Waals surface area contributed by atoms with Gasteiger partial charge in [0.05, 0.1) is 0 Å². The van der Waals surface area contributed by atoms with E-state index in [-0.39, 0.29) is 6.04 Å². The Kier molecular flexibility index (Phi) is 4.49. The zero-order chi connectivity index (χ0) is 12.1. The van der Waals surface area contributed by atoms with Crippen LogP contribution in [0.2, 0.25) is 0 Å². The van der Waals surface area contributed by atoms with Gasteiger partial charge in [-0.25, -0.2) is 4.98 Å². The summed E-state index contributed by atoms with van der Waals surface area (Å²) in [7, 11) is 5.88. The molecule has 5 heteroatoms. The Hall–Kier alpha value is -1.36. The van der Waals surface area contributed by atoms with E-state index < -0.39 is 0 Å². The van der Waals surface area contributed by atoms with Crippen molar-refractivity contribution >= 4 is 11.8 Å². The monoisotopic (exact) mass is 223 g/mol. The summed E-state index contributed by atoms with van der Waals surface area (Å²) < 4.78 is 0. The number of rotatable bonds is 5. The Morgan fingerprint density at radius 2 is 2.06 bits per heavy atom. The molecule has 5 nitrogen and oxygen atoms in total. The zero-order valence-corrected chi connectivity index (χ0v) is 10.5. The van der Waals surface area contributed by atoms with E-state index in [4.69, 9.17) is 5.73 Å². The molecule has 1 heterocycles. The molecule has 0 fully saturated rings. The van der Waals surface area contributed by atoms with Gasteiger partial charge in [0.2, 0.25) is 5.95 Å². The molecule has 90 valence electrons. The van der Waals surface area contributed by atoms with Gasteiger partial charge in [-0.3, -0.25) is 0 Å². The van der Waals surface area contributed by atoms with E-state index in [9.17, 15) is 0 Å². The van der Waals surface area contributed by atoms with E-state index in [1.54, 1.807) is 6.20 Å². The molecule has 1 aromatic rings. The quantitative estimate of drug-likeness (QED) is 0.797. The van der Waals surface area contributed by atoms with E-state index in [0.717, 1.165) is 24.7 Å². The Balaban J connectivity index is 2.68. The van der Waals surface area contributed by atoms with Crippen LogP contribution in [0.5, 0.6) is 0 Å². The molecule has 0 radical (unpaired) electrons. The highest BCUT2D eigenvalue weighted by Gasteiger charge is 2.06. The molecule has 0 bridgehead atoms. The van der Waals surface area contributed by atoms with Crippen molar-refractivity contribution < 1.29 is 0 Å². The summed E-state index contributed by atoms with van der Waals surface area (Å²) in [6, 6.07) is 2.13. The van der Waals surface area contributed by atoms with Crippen molar-refractivity contribution in [1.29, 1.82) is 0 Å². The number of anilines is 2. The molecule has 2 N–H and O–H groups in total. The highest BCUT2D eigenvalue weighted by molar-refractivity contribution is 5.42. The van der Waals surface area contributed by atoms with Crippen LogP contribution in [0.15, 0.2) is 12.3 Å².